The molecule has 1 unspecified atom stereocenters. The Labute approximate surface area is 106 Å². The molecule has 0 fully saturated rings. The predicted octanol–water partition coefficient (Wildman–Crippen LogP) is 1.39. The van der Waals surface area contributed by atoms with Crippen LogP contribution in [0.2, 0.25) is 0 Å². The van der Waals surface area contributed by atoms with E-state index in [0.717, 1.165) is 19.3 Å². The van der Waals surface area contributed by atoms with Crippen LogP contribution in [0, 0.1) is 0 Å². The zero-order valence-corrected chi connectivity index (χ0v) is 10.2. The van der Waals surface area contributed by atoms with Gasteiger partial charge in [-0.2, -0.15) is 0 Å². The molecule has 1 aromatic carbocycles. The van der Waals surface area contributed by atoms with Crippen LogP contribution in [0.1, 0.15) is 36.5 Å². The SMILES string of the molecule is NNOC(=O)CCOC1CCCc2ccccc21. The molecule has 1 atom stereocenters. The summed E-state index contributed by atoms with van der Waals surface area (Å²) in [5, 5.41) is 0. The van der Waals surface area contributed by atoms with Crippen LogP contribution in [-0.4, -0.2) is 12.6 Å². The van der Waals surface area contributed by atoms with E-state index in [2.05, 4.69) is 17.0 Å². The molecule has 98 valence electrons. The van der Waals surface area contributed by atoms with E-state index in [1.54, 1.807) is 0 Å². The van der Waals surface area contributed by atoms with E-state index >= 15 is 0 Å². The summed E-state index contributed by atoms with van der Waals surface area (Å²) >= 11 is 0. The van der Waals surface area contributed by atoms with Crippen molar-refractivity contribution in [2.24, 2.45) is 5.84 Å². The molecule has 3 N–H and O–H groups in total. The van der Waals surface area contributed by atoms with Crippen LogP contribution in [0.15, 0.2) is 24.3 Å². The molecule has 0 saturated heterocycles. The van der Waals surface area contributed by atoms with Crippen molar-refractivity contribution in [3.63, 3.8) is 0 Å². The number of nitrogens with one attached hydrogen (secondary N) is 1. The monoisotopic (exact) mass is 250 g/mol. The summed E-state index contributed by atoms with van der Waals surface area (Å²) in [7, 11) is 0. The second-order valence-corrected chi connectivity index (χ2v) is 4.29. The molecular formula is C13H18N2O3. The Morgan fingerprint density at radius 3 is 3.11 bits per heavy atom. The molecule has 1 aliphatic rings. The first kappa shape index (κ1) is 13.0. The molecule has 0 amide bonds. The van der Waals surface area contributed by atoms with E-state index < -0.39 is 5.97 Å². The molecule has 0 aromatic heterocycles. The smallest absolute Gasteiger partial charge is 0.328 e. The van der Waals surface area contributed by atoms with Gasteiger partial charge in [-0.25, -0.2) is 5.84 Å². The minimum Gasteiger partial charge on any atom is -0.373 e. The topological polar surface area (TPSA) is 73.6 Å². The summed E-state index contributed by atoms with van der Waals surface area (Å²) in [5.41, 5.74) is 4.46. The van der Waals surface area contributed by atoms with Gasteiger partial charge in [0.1, 0.15) is 0 Å². The summed E-state index contributed by atoms with van der Waals surface area (Å²) in [5.74, 6) is 4.46. The number of aryl methyl sites for hydroxylation is 1. The maximum absolute atomic E-state index is 11.1. The summed E-state index contributed by atoms with van der Waals surface area (Å²) < 4.78 is 5.76. The summed E-state index contributed by atoms with van der Waals surface area (Å²) in [6, 6.07) is 8.30. The first-order valence-electron chi connectivity index (χ1n) is 6.16. The molecule has 0 saturated carbocycles. The molecule has 0 aliphatic heterocycles. The van der Waals surface area contributed by atoms with Gasteiger partial charge in [0.05, 0.1) is 19.1 Å². The van der Waals surface area contributed by atoms with E-state index in [4.69, 9.17) is 10.6 Å². The number of rotatable bonds is 5. The number of benzene rings is 1. The molecule has 5 heteroatoms. The van der Waals surface area contributed by atoms with Gasteiger partial charge in [0, 0.05) is 0 Å². The fraction of sp³-hybridized carbons (Fsp3) is 0.462. The average Bonchev–Trinajstić information content (AvgIpc) is 2.39. The first-order valence-corrected chi connectivity index (χ1v) is 6.16. The van der Waals surface area contributed by atoms with Gasteiger partial charge in [0.2, 0.25) is 0 Å². The number of nitrogens with two attached hydrogens (primary N) is 1. The molecule has 0 radical (unpaired) electrons. The summed E-state index contributed by atoms with van der Waals surface area (Å²) in [6.07, 6.45) is 3.52. The van der Waals surface area contributed by atoms with E-state index in [-0.39, 0.29) is 12.5 Å². The third-order valence-electron chi connectivity index (χ3n) is 3.11. The third-order valence-corrected chi connectivity index (χ3v) is 3.11. The number of ether oxygens (including phenoxy) is 1. The third kappa shape index (κ3) is 3.29. The Balaban J connectivity index is 1.86. The fourth-order valence-electron chi connectivity index (χ4n) is 2.28. The molecule has 0 spiro atoms. The van der Waals surface area contributed by atoms with Crippen molar-refractivity contribution in [2.75, 3.05) is 6.61 Å². The largest absolute Gasteiger partial charge is 0.373 e. The van der Waals surface area contributed by atoms with Gasteiger partial charge >= 0.3 is 5.97 Å². The molecule has 0 heterocycles. The van der Waals surface area contributed by atoms with Crippen molar-refractivity contribution >= 4 is 5.97 Å². The van der Waals surface area contributed by atoms with Gasteiger partial charge in [0.25, 0.3) is 0 Å². The minimum absolute atomic E-state index is 0.0913. The number of hydrogen-bond donors (Lipinski definition) is 2. The summed E-state index contributed by atoms with van der Waals surface area (Å²) in [4.78, 5) is 15.5. The van der Waals surface area contributed by atoms with Crippen molar-refractivity contribution in [1.82, 2.24) is 5.59 Å². The van der Waals surface area contributed by atoms with Crippen LogP contribution < -0.4 is 11.4 Å². The maximum Gasteiger partial charge on any atom is 0.328 e. The lowest BCUT2D eigenvalue weighted by atomic mass is 9.89. The maximum atomic E-state index is 11.1. The zero-order valence-electron chi connectivity index (χ0n) is 10.2. The van der Waals surface area contributed by atoms with Gasteiger partial charge < -0.3 is 9.57 Å². The predicted molar refractivity (Wildman–Crippen MR) is 66.1 cm³/mol. The quantitative estimate of drug-likeness (QED) is 0.610. The van der Waals surface area contributed by atoms with Crippen molar-refractivity contribution in [3.8, 4) is 0 Å². The van der Waals surface area contributed by atoms with Crippen LogP contribution in [0.25, 0.3) is 0 Å². The van der Waals surface area contributed by atoms with E-state index in [0.29, 0.717) is 6.61 Å². The van der Waals surface area contributed by atoms with Crippen molar-refractivity contribution < 1.29 is 14.4 Å². The Morgan fingerprint density at radius 1 is 1.44 bits per heavy atom. The number of hydrogen-bond acceptors (Lipinski definition) is 5. The number of carbonyl (C=O) groups is 1. The lowest BCUT2D eigenvalue weighted by molar-refractivity contribution is -0.153. The highest BCUT2D eigenvalue weighted by molar-refractivity contribution is 5.69. The van der Waals surface area contributed by atoms with Crippen molar-refractivity contribution in [2.45, 2.75) is 31.8 Å². The molecule has 2 rings (SSSR count). The highest BCUT2D eigenvalue weighted by Crippen LogP contribution is 2.32. The van der Waals surface area contributed by atoms with E-state index in [1.165, 1.54) is 11.1 Å². The summed E-state index contributed by atoms with van der Waals surface area (Å²) in [6.45, 7) is 0.347. The molecule has 0 bridgehead atoms. The molecule has 5 nitrogen and oxygen atoms in total. The van der Waals surface area contributed by atoms with Gasteiger partial charge in [-0.1, -0.05) is 29.9 Å². The minimum atomic E-state index is -0.415. The second kappa shape index (κ2) is 6.49. The van der Waals surface area contributed by atoms with E-state index in [9.17, 15) is 4.79 Å². The lowest BCUT2D eigenvalue weighted by Crippen LogP contribution is -2.27. The standard InChI is InChI=1S/C13H18N2O3/c14-15-18-13(16)8-9-17-12-7-3-5-10-4-1-2-6-11(10)12/h1-2,4,6,12,15H,3,5,7-9,14H2. The number of hydrazine groups is 1. The number of fused-ring (bicyclic) bond motifs is 1. The van der Waals surface area contributed by atoms with Crippen LogP contribution in [0.3, 0.4) is 0 Å². The van der Waals surface area contributed by atoms with Gasteiger partial charge in [-0.05, 0) is 30.4 Å². The van der Waals surface area contributed by atoms with Crippen LogP contribution in [0.4, 0.5) is 0 Å². The Bertz CT molecular complexity index is 409. The van der Waals surface area contributed by atoms with Crippen molar-refractivity contribution in [1.29, 1.82) is 0 Å². The second-order valence-electron chi connectivity index (χ2n) is 4.29. The molecule has 1 aromatic rings. The molecular weight excluding hydrogens is 232 g/mol. The Hall–Kier alpha value is -1.43. The zero-order chi connectivity index (χ0) is 12.8. The van der Waals surface area contributed by atoms with Gasteiger partial charge in [0.15, 0.2) is 0 Å². The lowest BCUT2D eigenvalue weighted by Gasteiger charge is -2.25. The van der Waals surface area contributed by atoms with Crippen LogP contribution >= 0.6 is 0 Å². The van der Waals surface area contributed by atoms with Crippen LogP contribution in [-0.2, 0) is 20.8 Å². The van der Waals surface area contributed by atoms with Gasteiger partial charge in [-0.3, -0.25) is 4.79 Å². The first-order chi connectivity index (χ1) is 8.81. The van der Waals surface area contributed by atoms with Crippen LogP contribution in [0.5, 0.6) is 0 Å². The van der Waals surface area contributed by atoms with Gasteiger partial charge in [-0.15, -0.1) is 0 Å². The highest BCUT2D eigenvalue weighted by atomic mass is 16.7. The molecule has 18 heavy (non-hydrogen) atoms. The fourth-order valence-corrected chi connectivity index (χ4v) is 2.28. The van der Waals surface area contributed by atoms with Crippen molar-refractivity contribution in [3.05, 3.63) is 35.4 Å². The molecule has 1 aliphatic carbocycles. The van der Waals surface area contributed by atoms with E-state index in [1.807, 2.05) is 17.7 Å². The normalized spacial score (nSPS) is 18.2. The number of carbonyl (C=O) groups excluding carboxylic acids is 1. The Kier molecular flexibility index (Phi) is 4.69. The Morgan fingerprint density at radius 2 is 2.28 bits per heavy atom. The average molecular weight is 250 g/mol. The highest BCUT2D eigenvalue weighted by Gasteiger charge is 2.20.